The van der Waals surface area contributed by atoms with Gasteiger partial charge in [0.1, 0.15) is 10.7 Å². The van der Waals surface area contributed by atoms with Crippen LogP contribution in [0.1, 0.15) is 61.0 Å². The first-order valence-electron chi connectivity index (χ1n) is 12.5. The summed E-state index contributed by atoms with van der Waals surface area (Å²) in [4.78, 5) is 12.7. The Morgan fingerprint density at radius 1 is 1.08 bits per heavy atom. The summed E-state index contributed by atoms with van der Waals surface area (Å²) in [6.07, 6.45) is 2.78. The number of benzene rings is 2. The fourth-order valence-corrected chi connectivity index (χ4v) is 6.81. The molecule has 6 nitrogen and oxygen atoms in total. The van der Waals surface area contributed by atoms with Gasteiger partial charge in [0.15, 0.2) is 0 Å². The summed E-state index contributed by atoms with van der Waals surface area (Å²) in [5.74, 6) is 2.38. The fourth-order valence-electron chi connectivity index (χ4n) is 5.13. The highest BCUT2D eigenvalue weighted by Crippen LogP contribution is 2.37. The maximum Gasteiger partial charge on any atom is 0.227 e. The Labute approximate surface area is 229 Å². The van der Waals surface area contributed by atoms with Gasteiger partial charge in [0.2, 0.25) is 5.95 Å². The maximum atomic E-state index is 12.9. The summed E-state index contributed by atoms with van der Waals surface area (Å²) in [5.41, 5.74) is 3.32. The highest BCUT2D eigenvalue weighted by molar-refractivity contribution is 14.1. The number of hydrogen-bond acceptors (Lipinski definition) is 6. The molecule has 8 heteroatoms. The van der Waals surface area contributed by atoms with E-state index in [9.17, 15) is 9.32 Å². The molecule has 3 heterocycles. The van der Waals surface area contributed by atoms with Crippen LogP contribution in [0.2, 0.25) is 0 Å². The Bertz CT molecular complexity index is 1250. The minimum atomic E-state index is -1.15. The molecule has 3 aromatic rings. The molecule has 36 heavy (non-hydrogen) atoms. The second kappa shape index (κ2) is 10.4. The number of halogens is 1. The zero-order valence-electron chi connectivity index (χ0n) is 21.0. The number of piperidine rings is 1. The van der Waals surface area contributed by atoms with Gasteiger partial charge in [-0.25, -0.2) is 4.98 Å². The molecule has 0 radical (unpaired) electrons. The molecule has 2 aromatic carbocycles. The van der Waals surface area contributed by atoms with Crippen molar-refractivity contribution in [2.75, 3.05) is 29.1 Å². The van der Waals surface area contributed by atoms with E-state index in [-0.39, 0.29) is 0 Å². The van der Waals surface area contributed by atoms with Crippen molar-refractivity contribution in [1.82, 2.24) is 9.97 Å². The predicted molar refractivity (Wildman–Crippen MR) is 154 cm³/mol. The molecule has 0 amide bonds. The Morgan fingerprint density at radius 3 is 2.39 bits per heavy atom. The van der Waals surface area contributed by atoms with E-state index in [0.717, 1.165) is 42.8 Å². The average Bonchev–Trinajstić information content (AvgIpc) is 3.24. The van der Waals surface area contributed by atoms with Crippen LogP contribution in [0.4, 0.5) is 11.8 Å². The van der Waals surface area contributed by atoms with Crippen molar-refractivity contribution < 1.29 is 9.32 Å². The van der Waals surface area contributed by atoms with Gasteiger partial charge in [0.25, 0.3) is 0 Å². The number of rotatable bonds is 6. The van der Waals surface area contributed by atoms with Crippen LogP contribution in [0, 0.1) is 10.5 Å². The van der Waals surface area contributed by atoms with Crippen molar-refractivity contribution in [2.24, 2.45) is 0 Å². The van der Waals surface area contributed by atoms with Crippen LogP contribution in [0.15, 0.2) is 53.4 Å². The van der Waals surface area contributed by atoms with Crippen molar-refractivity contribution in [2.45, 2.75) is 62.5 Å². The van der Waals surface area contributed by atoms with Crippen LogP contribution in [-0.2, 0) is 17.2 Å². The second-order valence-corrected chi connectivity index (χ2v) is 13.2. The molecule has 2 atom stereocenters. The summed E-state index contributed by atoms with van der Waals surface area (Å²) in [7, 11) is -1.15. The number of nitrogens with one attached hydrogen (secondary N) is 1. The molecule has 2 aliphatic heterocycles. The lowest BCUT2D eigenvalue weighted by atomic mass is 9.90. The third-order valence-electron chi connectivity index (χ3n) is 7.19. The summed E-state index contributed by atoms with van der Waals surface area (Å²) in [6.45, 7) is 7.39. The predicted octanol–water partition coefficient (Wildman–Crippen LogP) is 5.36. The third-order valence-corrected chi connectivity index (χ3v) is 9.37. The number of hydrogen-bond donors (Lipinski definition) is 2. The van der Waals surface area contributed by atoms with Gasteiger partial charge in [-0.1, -0.05) is 42.0 Å². The van der Waals surface area contributed by atoms with E-state index in [1.165, 1.54) is 9.13 Å². The molecule has 190 valence electrons. The van der Waals surface area contributed by atoms with Crippen molar-refractivity contribution in [1.29, 1.82) is 0 Å². The van der Waals surface area contributed by atoms with Gasteiger partial charge in [-0.05, 0) is 85.4 Å². The third kappa shape index (κ3) is 5.45. The SMILES string of the molecule is Cc1ccc([C@@H](Nc2nc(N3CCC(c4ccc(I)cc4)CC3)nc3c2S(=O)CC3)C(C)(C)O)cc1. The lowest BCUT2D eigenvalue weighted by Crippen LogP contribution is -2.36. The van der Waals surface area contributed by atoms with E-state index in [1.54, 1.807) is 13.8 Å². The highest BCUT2D eigenvalue weighted by atomic mass is 127. The van der Waals surface area contributed by atoms with E-state index in [1.807, 2.05) is 31.2 Å². The molecule has 1 unspecified atom stereocenters. The number of fused-ring (bicyclic) bond motifs is 1. The Kier molecular flexibility index (Phi) is 7.38. The van der Waals surface area contributed by atoms with E-state index in [0.29, 0.717) is 34.8 Å². The van der Waals surface area contributed by atoms with Crippen LogP contribution in [0.25, 0.3) is 0 Å². The zero-order chi connectivity index (χ0) is 25.4. The summed E-state index contributed by atoms with van der Waals surface area (Å²) < 4.78 is 14.2. The van der Waals surface area contributed by atoms with Gasteiger partial charge in [-0.3, -0.25) is 4.21 Å². The minimum Gasteiger partial charge on any atom is -0.388 e. The highest BCUT2D eigenvalue weighted by Gasteiger charge is 2.34. The molecule has 2 aliphatic rings. The minimum absolute atomic E-state index is 0.408. The summed E-state index contributed by atoms with van der Waals surface area (Å²) in [6, 6.07) is 16.6. The fraction of sp³-hybridized carbons (Fsp3) is 0.429. The Morgan fingerprint density at radius 2 is 1.75 bits per heavy atom. The molecule has 0 saturated carbocycles. The van der Waals surface area contributed by atoms with Crippen LogP contribution < -0.4 is 10.2 Å². The largest absolute Gasteiger partial charge is 0.388 e. The summed E-state index contributed by atoms with van der Waals surface area (Å²) in [5, 5.41) is 14.5. The van der Waals surface area contributed by atoms with Crippen molar-refractivity contribution in [3.8, 4) is 0 Å². The monoisotopic (exact) mass is 616 g/mol. The standard InChI is InChI=1S/C28H33IN4O2S/c1-18-4-6-21(7-5-18)25(28(2,3)34)31-26-24-23(14-17-36(24)35)30-27(32-26)33-15-12-20(13-16-33)19-8-10-22(29)11-9-19/h4-11,20,25,34H,12-17H2,1-3H3,(H,30,31,32)/t25-,36?/m1/s1. The van der Waals surface area contributed by atoms with Crippen LogP contribution in [-0.4, -0.2) is 43.7 Å². The number of nitrogens with zero attached hydrogens (tertiary/aromatic N) is 3. The van der Waals surface area contributed by atoms with Gasteiger partial charge in [-0.15, -0.1) is 0 Å². The average molecular weight is 617 g/mol. The number of anilines is 2. The van der Waals surface area contributed by atoms with E-state index >= 15 is 0 Å². The normalized spacial score (nSPS) is 19.2. The molecule has 1 aromatic heterocycles. The number of aliphatic hydroxyl groups is 1. The van der Waals surface area contributed by atoms with Crippen LogP contribution >= 0.6 is 22.6 Å². The summed E-state index contributed by atoms with van der Waals surface area (Å²) >= 11 is 2.35. The van der Waals surface area contributed by atoms with Crippen molar-refractivity contribution in [3.63, 3.8) is 0 Å². The number of aryl methyl sites for hydroxylation is 2. The van der Waals surface area contributed by atoms with Crippen LogP contribution in [0.3, 0.4) is 0 Å². The molecule has 0 bridgehead atoms. The van der Waals surface area contributed by atoms with Gasteiger partial charge in [0.05, 0.1) is 28.1 Å². The maximum absolute atomic E-state index is 12.9. The Hall–Kier alpha value is -2.04. The topological polar surface area (TPSA) is 78.4 Å². The van der Waals surface area contributed by atoms with E-state index < -0.39 is 22.4 Å². The van der Waals surface area contributed by atoms with Gasteiger partial charge < -0.3 is 15.3 Å². The first kappa shape index (κ1) is 25.6. The lowest BCUT2D eigenvalue weighted by Gasteiger charge is -2.34. The van der Waals surface area contributed by atoms with Gasteiger partial charge in [-0.2, -0.15) is 4.98 Å². The lowest BCUT2D eigenvalue weighted by molar-refractivity contribution is 0.0587. The smallest absolute Gasteiger partial charge is 0.227 e. The Balaban J connectivity index is 1.42. The van der Waals surface area contributed by atoms with E-state index in [4.69, 9.17) is 9.97 Å². The van der Waals surface area contributed by atoms with Crippen molar-refractivity contribution in [3.05, 3.63) is 74.5 Å². The molecule has 5 rings (SSSR count). The van der Waals surface area contributed by atoms with E-state index in [2.05, 4.69) is 57.1 Å². The molecule has 1 fully saturated rings. The molecular weight excluding hydrogens is 583 g/mol. The number of aromatic nitrogens is 2. The molecule has 0 aliphatic carbocycles. The molecular formula is C28H33IN4O2S. The van der Waals surface area contributed by atoms with Gasteiger partial charge in [0, 0.05) is 28.8 Å². The van der Waals surface area contributed by atoms with Gasteiger partial charge >= 0.3 is 0 Å². The van der Waals surface area contributed by atoms with Crippen molar-refractivity contribution >= 4 is 45.2 Å². The second-order valence-electron chi connectivity index (χ2n) is 10.4. The van der Waals surface area contributed by atoms with Crippen LogP contribution in [0.5, 0.6) is 0 Å². The first-order chi connectivity index (χ1) is 17.2. The quantitative estimate of drug-likeness (QED) is 0.364. The molecule has 2 N–H and O–H groups in total. The first-order valence-corrected chi connectivity index (χ1v) is 14.9. The zero-order valence-corrected chi connectivity index (χ0v) is 24.0. The molecule has 0 spiro atoms. The molecule has 1 saturated heterocycles.